The number of carbonyl (C=O) groups is 1. The van der Waals surface area contributed by atoms with Crippen molar-refractivity contribution in [3.05, 3.63) is 76.4 Å². The average Bonchev–Trinajstić information content (AvgIpc) is 3.34. The minimum absolute atomic E-state index is 0.0636. The zero-order chi connectivity index (χ0) is 21.3. The highest BCUT2D eigenvalue weighted by atomic mass is 35.5. The predicted molar refractivity (Wildman–Crippen MR) is 115 cm³/mol. The van der Waals surface area contributed by atoms with Gasteiger partial charge in [-0.2, -0.15) is 0 Å². The van der Waals surface area contributed by atoms with Gasteiger partial charge in [-0.1, -0.05) is 64.8 Å². The van der Waals surface area contributed by atoms with Gasteiger partial charge in [-0.05, 0) is 25.0 Å². The number of hydrogen-bond acceptors (Lipinski definition) is 5. The number of hydrogen-bond donors (Lipinski definition) is 0. The summed E-state index contributed by atoms with van der Waals surface area (Å²) in [6.07, 6.45) is 0.390. The Labute approximate surface area is 180 Å². The van der Waals surface area contributed by atoms with Crippen molar-refractivity contribution in [3.63, 3.8) is 0 Å². The highest BCUT2D eigenvalue weighted by Crippen LogP contribution is 2.27. The fraction of sp³-hybridized carbons (Fsp3) is 0.273. The summed E-state index contributed by atoms with van der Waals surface area (Å²) >= 11 is 6.29. The van der Waals surface area contributed by atoms with Crippen molar-refractivity contribution in [2.45, 2.75) is 25.9 Å². The SMILES string of the molecule is Cc1ccc(-c2cc(C(=O)N(Cc3ccccc3Cl)[C@@H]3CCS(=O)(=O)C3)no2)cc1. The Morgan fingerprint density at radius 3 is 2.60 bits per heavy atom. The molecule has 4 rings (SSSR count). The summed E-state index contributed by atoms with van der Waals surface area (Å²) in [6, 6.07) is 16.1. The highest BCUT2D eigenvalue weighted by molar-refractivity contribution is 7.91. The van der Waals surface area contributed by atoms with Gasteiger partial charge in [-0.15, -0.1) is 0 Å². The molecule has 6 nitrogen and oxygen atoms in total. The number of nitrogens with zero attached hydrogens (tertiary/aromatic N) is 2. The molecule has 1 aliphatic rings. The van der Waals surface area contributed by atoms with Gasteiger partial charge >= 0.3 is 0 Å². The third-order valence-electron chi connectivity index (χ3n) is 5.27. The molecule has 1 aromatic heterocycles. The average molecular weight is 445 g/mol. The first-order valence-electron chi connectivity index (χ1n) is 9.61. The summed E-state index contributed by atoms with van der Waals surface area (Å²) in [6.45, 7) is 2.19. The number of aryl methyl sites for hydroxylation is 1. The molecule has 0 saturated carbocycles. The monoisotopic (exact) mass is 444 g/mol. The first kappa shape index (κ1) is 20.6. The standard InChI is InChI=1S/C22H21ClN2O4S/c1-15-6-8-16(9-7-15)21-12-20(24-29-21)22(26)25(18-10-11-30(27,28)14-18)13-17-4-2-3-5-19(17)23/h2-9,12,18H,10-11,13-14H2,1H3/t18-/m1/s1. The van der Waals surface area contributed by atoms with Crippen molar-refractivity contribution in [2.75, 3.05) is 11.5 Å². The van der Waals surface area contributed by atoms with Crippen LogP contribution in [0.2, 0.25) is 5.02 Å². The van der Waals surface area contributed by atoms with Crippen molar-refractivity contribution in [2.24, 2.45) is 0 Å². The maximum absolute atomic E-state index is 13.3. The molecule has 1 fully saturated rings. The van der Waals surface area contributed by atoms with E-state index < -0.39 is 15.9 Å². The van der Waals surface area contributed by atoms with Crippen LogP contribution in [0.5, 0.6) is 0 Å². The molecule has 0 unspecified atom stereocenters. The summed E-state index contributed by atoms with van der Waals surface area (Å²) in [5, 5.41) is 4.48. The summed E-state index contributed by atoms with van der Waals surface area (Å²) in [7, 11) is -3.17. The van der Waals surface area contributed by atoms with E-state index in [0.717, 1.165) is 16.7 Å². The van der Waals surface area contributed by atoms with Gasteiger partial charge < -0.3 is 9.42 Å². The van der Waals surface area contributed by atoms with E-state index in [0.29, 0.717) is 17.2 Å². The summed E-state index contributed by atoms with van der Waals surface area (Å²) in [5.41, 5.74) is 2.82. The molecule has 1 amide bonds. The lowest BCUT2D eigenvalue weighted by atomic mass is 10.1. The summed E-state index contributed by atoms with van der Waals surface area (Å²) in [5.74, 6) is 0.109. The Morgan fingerprint density at radius 2 is 1.93 bits per heavy atom. The third kappa shape index (κ3) is 4.42. The Hall–Kier alpha value is -2.64. The molecular weight excluding hydrogens is 424 g/mol. The molecular formula is C22H21ClN2O4S. The Bertz CT molecular complexity index is 1170. The number of amides is 1. The molecule has 2 heterocycles. The Morgan fingerprint density at radius 1 is 1.20 bits per heavy atom. The zero-order valence-corrected chi connectivity index (χ0v) is 18.0. The molecule has 1 atom stereocenters. The lowest BCUT2D eigenvalue weighted by Crippen LogP contribution is -2.40. The molecule has 0 spiro atoms. The maximum atomic E-state index is 13.3. The molecule has 8 heteroatoms. The molecule has 0 N–H and O–H groups in total. The quantitative estimate of drug-likeness (QED) is 0.591. The van der Waals surface area contributed by atoms with Crippen molar-refractivity contribution >= 4 is 27.3 Å². The van der Waals surface area contributed by atoms with Crippen LogP contribution in [0, 0.1) is 6.92 Å². The Balaban J connectivity index is 1.64. The lowest BCUT2D eigenvalue weighted by Gasteiger charge is -2.28. The number of benzene rings is 2. The Kier molecular flexibility index (Phi) is 5.66. The summed E-state index contributed by atoms with van der Waals surface area (Å²) < 4.78 is 29.5. The van der Waals surface area contributed by atoms with Gasteiger partial charge in [-0.3, -0.25) is 4.79 Å². The topological polar surface area (TPSA) is 80.5 Å². The zero-order valence-electron chi connectivity index (χ0n) is 16.4. The lowest BCUT2D eigenvalue weighted by molar-refractivity contribution is 0.0670. The van der Waals surface area contributed by atoms with Gasteiger partial charge in [0.05, 0.1) is 11.5 Å². The van der Waals surface area contributed by atoms with Gasteiger partial charge in [0.15, 0.2) is 21.3 Å². The number of carbonyl (C=O) groups excluding carboxylic acids is 1. The number of rotatable bonds is 5. The van der Waals surface area contributed by atoms with Crippen LogP contribution in [0.25, 0.3) is 11.3 Å². The van der Waals surface area contributed by atoms with Gasteiger partial charge in [0.25, 0.3) is 5.91 Å². The highest BCUT2D eigenvalue weighted by Gasteiger charge is 2.36. The maximum Gasteiger partial charge on any atom is 0.276 e. The van der Waals surface area contributed by atoms with Crippen molar-refractivity contribution in [3.8, 4) is 11.3 Å². The number of halogens is 1. The third-order valence-corrected chi connectivity index (χ3v) is 7.39. The van der Waals surface area contributed by atoms with E-state index in [4.69, 9.17) is 16.1 Å². The van der Waals surface area contributed by atoms with E-state index in [1.54, 1.807) is 17.0 Å². The largest absolute Gasteiger partial charge is 0.355 e. The molecule has 0 aliphatic carbocycles. The van der Waals surface area contributed by atoms with Crippen molar-refractivity contribution in [1.29, 1.82) is 0 Å². The molecule has 156 valence electrons. The molecule has 30 heavy (non-hydrogen) atoms. The van der Waals surface area contributed by atoms with Gasteiger partial charge in [-0.25, -0.2) is 8.42 Å². The van der Waals surface area contributed by atoms with E-state index in [1.165, 1.54) is 0 Å². The minimum Gasteiger partial charge on any atom is -0.355 e. The van der Waals surface area contributed by atoms with Crippen LogP contribution in [0.3, 0.4) is 0 Å². The van der Waals surface area contributed by atoms with E-state index in [1.807, 2.05) is 49.4 Å². The van der Waals surface area contributed by atoms with Crippen LogP contribution < -0.4 is 0 Å². The minimum atomic E-state index is -3.17. The number of sulfone groups is 1. The smallest absolute Gasteiger partial charge is 0.276 e. The van der Waals surface area contributed by atoms with Gasteiger partial charge in [0.2, 0.25) is 0 Å². The van der Waals surface area contributed by atoms with Crippen LogP contribution >= 0.6 is 11.6 Å². The second-order valence-electron chi connectivity index (χ2n) is 7.52. The second kappa shape index (κ2) is 8.24. The molecule has 1 aliphatic heterocycles. The van der Waals surface area contributed by atoms with Crippen LogP contribution in [0.15, 0.2) is 59.1 Å². The normalized spacial score (nSPS) is 17.7. The van der Waals surface area contributed by atoms with E-state index in [9.17, 15) is 13.2 Å². The molecule has 0 bridgehead atoms. The predicted octanol–water partition coefficient (Wildman–Crippen LogP) is 4.13. The number of aromatic nitrogens is 1. The van der Waals surface area contributed by atoms with Crippen molar-refractivity contribution < 1.29 is 17.7 Å². The van der Waals surface area contributed by atoms with E-state index in [-0.39, 0.29) is 29.7 Å². The molecule has 0 radical (unpaired) electrons. The first-order chi connectivity index (χ1) is 14.3. The fourth-order valence-corrected chi connectivity index (χ4v) is 5.50. The fourth-order valence-electron chi connectivity index (χ4n) is 3.58. The van der Waals surface area contributed by atoms with Crippen LogP contribution in [-0.4, -0.2) is 41.9 Å². The van der Waals surface area contributed by atoms with Crippen molar-refractivity contribution in [1.82, 2.24) is 10.1 Å². The van der Waals surface area contributed by atoms with Gasteiger partial charge in [0.1, 0.15) is 0 Å². The van der Waals surface area contributed by atoms with Gasteiger partial charge in [0, 0.05) is 29.2 Å². The molecule has 2 aromatic carbocycles. The summed E-state index contributed by atoms with van der Waals surface area (Å²) in [4.78, 5) is 14.9. The molecule has 3 aromatic rings. The van der Waals surface area contributed by atoms with E-state index >= 15 is 0 Å². The van der Waals surface area contributed by atoms with Crippen LogP contribution in [0.4, 0.5) is 0 Å². The first-order valence-corrected chi connectivity index (χ1v) is 11.8. The molecule has 1 saturated heterocycles. The van der Waals surface area contributed by atoms with Crippen LogP contribution in [-0.2, 0) is 16.4 Å². The van der Waals surface area contributed by atoms with Crippen LogP contribution in [0.1, 0.15) is 28.0 Å². The van der Waals surface area contributed by atoms with E-state index in [2.05, 4.69) is 5.16 Å². The second-order valence-corrected chi connectivity index (χ2v) is 10.2.